The predicted octanol–water partition coefficient (Wildman–Crippen LogP) is 4.31. The molecule has 1 aliphatic carbocycles. The number of nitrogens with one attached hydrogen (secondary N) is 3. The van der Waals surface area contributed by atoms with Gasteiger partial charge in [0.15, 0.2) is 0 Å². The third kappa shape index (κ3) is 8.55. The number of benzene rings is 1. The van der Waals surface area contributed by atoms with Gasteiger partial charge in [-0.15, -0.1) is 12.6 Å². The van der Waals surface area contributed by atoms with E-state index in [9.17, 15) is 9.18 Å². The number of halogens is 1. The maximum atomic E-state index is 14.5. The molecule has 9 heteroatoms. The average Bonchev–Trinajstić information content (AvgIpc) is 2.93. The molecule has 1 fully saturated rings. The Balaban J connectivity index is 1.88. The minimum absolute atomic E-state index is 0.0293. The molecule has 0 aromatic heterocycles. The van der Waals surface area contributed by atoms with Gasteiger partial charge in [0.2, 0.25) is 6.41 Å². The number of ether oxygens (including phenoxy) is 1. The SMILES string of the molecule is N#Cc1ccc(C(/C=C/CC(N)CCCNC=O)=C(/S)C2=C/C(=C/NC3CCOCC3)C(=N)C=C2)cc1F. The zero-order valence-corrected chi connectivity index (χ0v) is 22.1. The van der Waals surface area contributed by atoms with E-state index in [0.717, 1.165) is 50.0 Å². The van der Waals surface area contributed by atoms with Crippen LogP contribution in [0.15, 0.2) is 70.8 Å². The normalized spacial score (nSPS) is 18.6. The maximum Gasteiger partial charge on any atom is 0.207 e. The number of thiol groups is 1. The van der Waals surface area contributed by atoms with Crippen LogP contribution in [0.2, 0.25) is 0 Å². The Morgan fingerprint density at radius 3 is 2.84 bits per heavy atom. The first-order valence-electron chi connectivity index (χ1n) is 12.7. The summed E-state index contributed by atoms with van der Waals surface area (Å²) in [7, 11) is 0. The van der Waals surface area contributed by atoms with Crippen molar-refractivity contribution in [1.82, 2.24) is 10.6 Å². The highest BCUT2D eigenvalue weighted by molar-refractivity contribution is 7.85. The highest BCUT2D eigenvalue weighted by Crippen LogP contribution is 2.32. The molecule has 3 rings (SSSR count). The van der Waals surface area contributed by atoms with E-state index in [1.165, 1.54) is 12.1 Å². The summed E-state index contributed by atoms with van der Waals surface area (Å²) >= 11 is 4.82. The summed E-state index contributed by atoms with van der Waals surface area (Å²) in [5.41, 5.74) is 9.32. The Kier molecular flexibility index (Phi) is 11.6. The van der Waals surface area contributed by atoms with Crippen LogP contribution in [0, 0.1) is 22.6 Å². The number of nitrogens with two attached hydrogens (primary N) is 1. The number of amides is 1. The van der Waals surface area contributed by atoms with Crippen LogP contribution in [0.25, 0.3) is 5.57 Å². The summed E-state index contributed by atoms with van der Waals surface area (Å²) in [5, 5.41) is 23.5. The van der Waals surface area contributed by atoms with Crippen LogP contribution in [0.4, 0.5) is 4.39 Å². The standard InChI is InChI=1S/C29H34FN5O2S/c30-27-16-20(6-7-22(27)17-31)26(5-1-3-24(32)4-2-12-34-19-36)29(38)21-8-9-28(33)23(15-21)18-35-25-10-13-37-14-11-25/h1,5-9,15-16,18-19,24-25,33,35,38H,2-4,10-14,32H2,(H,34,36)/b5-1+,23-18-,29-26+,33-28?. The Bertz CT molecular complexity index is 1210. The van der Waals surface area contributed by atoms with E-state index >= 15 is 0 Å². The van der Waals surface area contributed by atoms with Crippen molar-refractivity contribution in [2.45, 2.75) is 44.2 Å². The molecule has 7 nitrogen and oxygen atoms in total. The van der Waals surface area contributed by atoms with Crippen LogP contribution < -0.4 is 16.4 Å². The lowest BCUT2D eigenvalue weighted by molar-refractivity contribution is -0.109. The molecule has 2 aliphatic rings. The smallest absolute Gasteiger partial charge is 0.207 e. The van der Waals surface area contributed by atoms with Crippen molar-refractivity contribution >= 4 is 30.3 Å². The van der Waals surface area contributed by atoms with E-state index in [2.05, 4.69) is 10.6 Å². The van der Waals surface area contributed by atoms with Crippen molar-refractivity contribution in [2.24, 2.45) is 5.73 Å². The molecule has 0 radical (unpaired) electrons. The number of hydrogen-bond donors (Lipinski definition) is 5. The van der Waals surface area contributed by atoms with Gasteiger partial charge < -0.3 is 26.5 Å². The van der Waals surface area contributed by atoms with Crippen LogP contribution in [-0.2, 0) is 9.53 Å². The van der Waals surface area contributed by atoms with Crippen LogP contribution >= 0.6 is 12.6 Å². The van der Waals surface area contributed by atoms with Crippen molar-refractivity contribution in [3.63, 3.8) is 0 Å². The van der Waals surface area contributed by atoms with E-state index < -0.39 is 5.82 Å². The summed E-state index contributed by atoms with van der Waals surface area (Å²) in [6.07, 6.45) is 15.7. The second-order valence-corrected chi connectivity index (χ2v) is 9.63. The van der Waals surface area contributed by atoms with E-state index in [1.807, 2.05) is 36.6 Å². The summed E-state index contributed by atoms with van der Waals surface area (Å²) in [5.74, 6) is -0.604. The lowest BCUT2D eigenvalue weighted by atomic mass is 9.95. The molecule has 0 bridgehead atoms. The minimum atomic E-state index is -0.604. The van der Waals surface area contributed by atoms with Crippen LogP contribution in [-0.4, -0.2) is 44.0 Å². The van der Waals surface area contributed by atoms with Gasteiger partial charge in [-0.05, 0) is 73.1 Å². The Morgan fingerprint density at radius 1 is 1.34 bits per heavy atom. The number of rotatable bonds is 12. The van der Waals surface area contributed by atoms with E-state index in [4.69, 9.17) is 33.8 Å². The highest BCUT2D eigenvalue weighted by Gasteiger charge is 2.16. The van der Waals surface area contributed by atoms with Gasteiger partial charge in [0.1, 0.15) is 11.9 Å². The number of carbonyl (C=O) groups excluding carboxylic acids is 1. The Hall–Kier alpha value is -3.45. The maximum absolute atomic E-state index is 14.5. The monoisotopic (exact) mass is 535 g/mol. The van der Waals surface area contributed by atoms with Crippen molar-refractivity contribution in [2.75, 3.05) is 19.8 Å². The molecule has 1 aliphatic heterocycles. The van der Waals surface area contributed by atoms with Gasteiger partial charge in [0.05, 0.1) is 11.3 Å². The largest absolute Gasteiger partial charge is 0.387 e. The fourth-order valence-corrected chi connectivity index (χ4v) is 4.49. The van der Waals surface area contributed by atoms with E-state index in [0.29, 0.717) is 47.2 Å². The summed E-state index contributed by atoms with van der Waals surface area (Å²) < 4.78 is 19.9. The van der Waals surface area contributed by atoms with Gasteiger partial charge in [0.25, 0.3) is 0 Å². The fraction of sp³-hybridized carbons (Fsp3) is 0.345. The van der Waals surface area contributed by atoms with Gasteiger partial charge >= 0.3 is 0 Å². The summed E-state index contributed by atoms with van der Waals surface area (Å²) in [4.78, 5) is 11.0. The number of nitrogens with zero attached hydrogens (tertiary/aromatic N) is 1. The lowest BCUT2D eigenvalue weighted by Gasteiger charge is -2.23. The number of nitriles is 1. The molecule has 1 amide bonds. The second-order valence-electron chi connectivity index (χ2n) is 9.18. The molecule has 1 atom stereocenters. The number of allylic oxidation sites excluding steroid dienone is 7. The summed E-state index contributed by atoms with van der Waals surface area (Å²) in [6.45, 7) is 2.02. The van der Waals surface area contributed by atoms with Crippen LogP contribution in [0.1, 0.15) is 43.2 Å². The van der Waals surface area contributed by atoms with E-state index in [1.54, 1.807) is 12.1 Å². The fourth-order valence-electron chi connectivity index (χ4n) is 4.15. The van der Waals surface area contributed by atoms with Crippen molar-refractivity contribution < 1.29 is 13.9 Å². The molecule has 5 N–H and O–H groups in total. The molecule has 0 spiro atoms. The third-order valence-corrected chi connectivity index (χ3v) is 6.88. The number of hydrogen-bond acceptors (Lipinski definition) is 7. The third-order valence-electron chi connectivity index (χ3n) is 6.38. The second kappa shape index (κ2) is 15.1. The number of carbonyl (C=O) groups is 1. The molecular formula is C29H34FN5O2S. The lowest BCUT2D eigenvalue weighted by Crippen LogP contribution is -2.31. The van der Waals surface area contributed by atoms with Crippen LogP contribution in [0.3, 0.4) is 0 Å². The Labute approximate surface area is 228 Å². The van der Waals surface area contributed by atoms with Gasteiger partial charge in [-0.3, -0.25) is 4.79 Å². The first kappa shape index (κ1) is 29.1. The average molecular weight is 536 g/mol. The predicted molar refractivity (Wildman–Crippen MR) is 152 cm³/mol. The molecule has 1 unspecified atom stereocenters. The molecule has 0 saturated carbocycles. The molecule has 38 heavy (non-hydrogen) atoms. The minimum Gasteiger partial charge on any atom is -0.387 e. The van der Waals surface area contributed by atoms with Crippen molar-refractivity contribution in [1.29, 1.82) is 10.7 Å². The molecule has 1 aromatic rings. The molecule has 200 valence electrons. The van der Waals surface area contributed by atoms with Gasteiger partial charge in [0, 0.05) is 48.5 Å². The molecule has 1 saturated heterocycles. The first-order chi connectivity index (χ1) is 18.4. The van der Waals surface area contributed by atoms with Crippen molar-refractivity contribution in [3.8, 4) is 6.07 Å². The van der Waals surface area contributed by atoms with Crippen molar-refractivity contribution in [3.05, 3.63) is 87.8 Å². The van der Waals surface area contributed by atoms with Gasteiger partial charge in [-0.2, -0.15) is 5.26 Å². The summed E-state index contributed by atoms with van der Waals surface area (Å²) in [6, 6.07) is 6.54. The quantitative estimate of drug-likeness (QED) is 0.118. The van der Waals surface area contributed by atoms with Gasteiger partial charge in [-0.25, -0.2) is 4.39 Å². The first-order valence-corrected chi connectivity index (χ1v) is 13.1. The molecule has 1 heterocycles. The van der Waals surface area contributed by atoms with Crippen LogP contribution in [0.5, 0.6) is 0 Å². The Morgan fingerprint density at radius 2 is 2.13 bits per heavy atom. The van der Waals surface area contributed by atoms with E-state index in [-0.39, 0.29) is 11.6 Å². The van der Waals surface area contributed by atoms with Gasteiger partial charge in [-0.1, -0.05) is 24.3 Å². The zero-order chi connectivity index (χ0) is 27.3. The topological polar surface area (TPSA) is 124 Å². The highest BCUT2D eigenvalue weighted by atomic mass is 32.1. The zero-order valence-electron chi connectivity index (χ0n) is 21.3. The molecular weight excluding hydrogens is 501 g/mol. The molecule has 1 aromatic carbocycles.